The van der Waals surface area contributed by atoms with Crippen molar-refractivity contribution in [1.29, 1.82) is 0 Å². The Morgan fingerprint density at radius 2 is 1.83 bits per heavy atom. The Hall–Kier alpha value is -2.08. The average molecular weight is 368 g/mol. The van der Waals surface area contributed by atoms with Crippen LogP contribution in [0.3, 0.4) is 0 Å². The first-order valence-electron chi connectivity index (χ1n) is 7.52. The first-order chi connectivity index (χ1) is 11.2. The molecule has 1 unspecified atom stereocenters. The van der Waals surface area contributed by atoms with E-state index in [-0.39, 0.29) is 0 Å². The van der Waals surface area contributed by atoms with Crippen molar-refractivity contribution in [1.82, 2.24) is 4.48 Å². The molecule has 0 aliphatic carbocycles. The Morgan fingerprint density at radius 1 is 1.04 bits per heavy atom. The van der Waals surface area contributed by atoms with Gasteiger partial charge >= 0.3 is 0 Å². The van der Waals surface area contributed by atoms with E-state index in [1.54, 1.807) is 0 Å². The molecular formula is C18H16BrN4+. The van der Waals surface area contributed by atoms with Crippen molar-refractivity contribution in [2.24, 2.45) is 15.7 Å². The minimum atomic E-state index is 0.543. The summed E-state index contributed by atoms with van der Waals surface area (Å²) >= 11 is 3.48. The zero-order valence-electron chi connectivity index (χ0n) is 12.5. The van der Waals surface area contributed by atoms with E-state index in [2.05, 4.69) is 45.3 Å². The van der Waals surface area contributed by atoms with Gasteiger partial charge in [-0.25, -0.2) is 9.48 Å². The predicted molar refractivity (Wildman–Crippen MR) is 99.9 cm³/mol. The number of rotatable bonds is 3. The van der Waals surface area contributed by atoms with Crippen molar-refractivity contribution in [2.75, 3.05) is 13.1 Å². The van der Waals surface area contributed by atoms with Gasteiger partial charge in [-0.2, -0.15) is 4.99 Å². The van der Waals surface area contributed by atoms with Gasteiger partial charge in [0, 0.05) is 22.6 Å². The van der Waals surface area contributed by atoms with Crippen LogP contribution in [0.5, 0.6) is 0 Å². The Bertz CT molecular complexity index is 852. The number of aliphatic imine (C=N–C) groups is 2. The number of amidine groups is 1. The Morgan fingerprint density at radius 3 is 2.61 bits per heavy atom. The van der Waals surface area contributed by atoms with Crippen LogP contribution in [0.25, 0.3) is 5.70 Å². The molecule has 0 radical (unpaired) electrons. The van der Waals surface area contributed by atoms with Gasteiger partial charge in [0.05, 0.1) is 0 Å². The van der Waals surface area contributed by atoms with Gasteiger partial charge in [0.1, 0.15) is 30.3 Å². The highest BCUT2D eigenvalue weighted by Crippen LogP contribution is 2.41. The van der Waals surface area contributed by atoms with Crippen LogP contribution < -0.4 is 10.2 Å². The third-order valence-corrected chi connectivity index (χ3v) is 4.77. The van der Waals surface area contributed by atoms with E-state index in [1.165, 1.54) is 0 Å². The lowest BCUT2D eigenvalue weighted by Gasteiger charge is -2.32. The van der Waals surface area contributed by atoms with E-state index in [9.17, 15) is 0 Å². The number of quaternary nitrogens is 1. The van der Waals surface area contributed by atoms with E-state index in [4.69, 9.17) is 10.7 Å². The van der Waals surface area contributed by atoms with Gasteiger partial charge in [0.15, 0.2) is 5.69 Å². The zero-order valence-corrected chi connectivity index (χ0v) is 14.1. The number of nitrogens with zero attached hydrogens (tertiary/aromatic N) is 3. The molecule has 5 heteroatoms. The third kappa shape index (κ3) is 2.28. The summed E-state index contributed by atoms with van der Waals surface area (Å²) in [6.45, 7) is 1.34. The summed E-state index contributed by atoms with van der Waals surface area (Å²) in [7, 11) is 0. The number of halogens is 1. The SMILES string of the molecule is NCC[N+]12C=C(c3ccc(Br)cc3)N=C1C=Nc1ccccc12. The molecule has 4 nitrogen and oxygen atoms in total. The lowest BCUT2D eigenvalue weighted by atomic mass is 10.1. The van der Waals surface area contributed by atoms with Crippen LogP contribution in [-0.4, -0.2) is 25.1 Å². The normalized spacial score (nSPS) is 21.5. The lowest BCUT2D eigenvalue weighted by molar-refractivity contribution is 0.560. The van der Waals surface area contributed by atoms with Crippen LogP contribution in [0.1, 0.15) is 5.56 Å². The molecule has 2 aliphatic rings. The maximum absolute atomic E-state index is 5.92. The maximum atomic E-state index is 5.92. The number of benzene rings is 2. The number of hydrogen-bond donors (Lipinski definition) is 1. The standard InChI is InChI=1S/C18H16BrN4/c19-14-7-5-13(6-8-14)16-12-23(10-9-20)17-4-2-1-3-15(17)21-11-18(23)22-16/h1-8,11-12H,9-10,20H2/q+1. The van der Waals surface area contributed by atoms with Crippen molar-refractivity contribution in [3.8, 4) is 0 Å². The van der Waals surface area contributed by atoms with Gasteiger partial charge in [0.2, 0.25) is 0 Å². The molecule has 0 saturated carbocycles. The number of para-hydroxylation sites is 2. The van der Waals surface area contributed by atoms with Crippen LogP contribution in [-0.2, 0) is 0 Å². The molecule has 2 aliphatic heterocycles. The third-order valence-electron chi connectivity index (χ3n) is 4.24. The fourth-order valence-corrected chi connectivity index (χ4v) is 3.41. The predicted octanol–water partition coefficient (Wildman–Crippen LogP) is 3.84. The highest BCUT2D eigenvalue weighted by atomic mass is 79.9. The molecule has 4 rings (SSSR count). The van der Waals surface area contributed by atoms with Gasteiger partial charge in [-0.05, 0) is 18.2 Å². The fraction of sp³-hybridized carbons (Fsp3) is 0.111. The molecule has 0 bridgehead atoms. The van der Waals surface area contributed by atoms with Crippen molar-refractivity contribution in [3.05, 3.63) is 64.8 Å². The molecular weight excluding hydrogens is 352 g/mol. The second kappa shape index (κ2) is 5.53. The van der Waals surface area contributed by atoms with Crippen LogP contribution in [0.4, 0.5) is 11.4 Å². The molecule has 1 atom stereocenters. The minimum Gasteiger partial charge on any atom is -0.326 e. The average Bonchev–Trinajstić information content (AvgIpc) is 2.96. The van der Waals surface area contributed by atoms with Gasteiger partial charge in [0.25, 0.3) is 5.84 Å². The lowest BCUT2D eigenvalue weighted by Crippen LogP contribution is -2.52. The summed E-state index contributed by atoms with van der Waals surface area (Å²) in [5.74, 6) is 0.923. The van der Waals surface area contributed by atoms with Gasteiger partial charge in [-0.15, -0.1) is 0 Å². The first-order valence-corrected chi connectivity index (χ1v) is 8.32. The smallest absolute Gasteiger partial charge is 0.257 e. The van der Waals surface area contributed by atoms with Crippen molar-refractivity contribution in [2.45, 2.75) is 0 Å². The fourth-order valence-electron chi connectivity index (χ4n) is 3.14. The van der Waals surface area contributed by atoms with E-state index < -0.39 is 0 Å². The van der Waals surface area contributed by atoms with Crippen molar-refractivity contribution < 1.29 is 0 Å². The summed E-state index contributed by atoms with van der Waals surface area (Å²) in [4.78, 5) is 9.38. The van der Waals surface area contributed by atoms with Crippen LogP contribution >= 0.6 is 15.9 Å². The van der Waals surface area contributed by atoms with Crippen LogP contribution in [0.2, 0.25) is 0 Å². The van der Waals surface area contributed by atoms with E-state index in [1.807, 2.05) is 36.5 Å². The highest BCUT2D eigenvalue weighted by molar-refractivity contribution is 9.10. The molecule has 2 aromatic rings. The summed E-state index contributed by atoms with van der Waals surface area (Å²) in [6.07, 6.45) is 4.05. The van der Waals surface area contributed by atoms with Crippen LogP contribution in [0.15, 0.2) is 69.2 Å². The Labute approximate surface area is 143 Å². The van der Waals surface area contributed by atoms with E-state index in [0.29, 0.717) is 11.0 Å². The molecule has 2 N–H and O–H groups in total. The monoisotopic (exact) mass is 367 g/mol. The van der Waals surface area contributed by atoms with E-state index in [0.717, 1.165) is 39.5 Å². The molecule has 114 valence electrons. The Kier molecular flexibility index (Phi) is 3.49. The van der Waals surface area contributed by atoms with E-state index >= 15 is 0 Å². The minimum absolute atomic E-state index is 0.543. The second-order valence-corrected chi connectivity index (χ2v) is 6.53. The maximum Gasteiger partial charge on any atom is 0.257 e. The molecule has 2 aromatic carbocycles. The molecule has 0 aromatic heterocycles. The topological polar surface area (TPSA) is 50.7 Å². The summed E-state index contributed by atoms with van der Waals surface area (Å²) in [5, 5.41) is 0. The molecule has 0 amide bonds. The molecule has 23 heavy (non-hydrogen) atoms. The number of hydrogen-bond acceptors (Lipinski definition) is 3. The van der Waals surface area contributed by atoms with Gasteiger partial charge < -0.3 is 5.73 Å². The summed E-state index contributed by atoms with van der Waals surface area (Å²) in [5.41, 5.74) is 10.1. The number of fused-ring (bicyclic) bond motifs is 3. The highest BCUT2D eigenvalue weighted by Gasteiger charge is 2.43. The summed E-state index contributed by atoms with van der Waals surface area (Å²) in [6, 6.07) is 16.4. The molecule has 0 saturated heterocycles. The first kappa shape index (κ1) is 14.5. The quantitative estimate of drug-likeness (QED) is 0.823. The van der Waals surface area contributed by atoms with Crippen LogP contribution in [0, 0.1) is 0 Å². The summed E-state index contributed by atoms with van der Waals surface area (Å²) < 4.78 is 1.60. The molecule has 0 fully saturated rings. The molecule has 0 spiro atoms. The van der Waals surface area contributed by atoms with Gasteiger partial charge in [-0.3, -0.25) is 0 Å². The second-order valence-electron chi connectivity index (χ2n) is 5.62. The van der Waals surface area contributed by atoms with Gasteiger partial charge in [-0.1, -0.05) is 40.2 Å². The largest absolute Gasteiger partial charge is 0.326 e. The number of nitrogens with two attached hydrogens (primary N) is 1. The zero-order chi connectivity index (χ0) is 15.9. The molecule has 2 heterocycles. The Balaban J connectivity index is 1.89. The van der Waals surface area contributed by atoms with Crippen molar-refractivity contribution >= 4 is 45.1 Å². The van der Waals surface area contributed by atoms with Crippen molar-refractivity contribution in [3.63, 3.8) is 0 Å².